The fraction of sp³-hybridized carbons (Fsp3) is 0.343. The highest BCUT2D eigenvalue weighted by molar-refractivity contribution is 7.81. The molecule has 0 unspecified atom stereocenters. The van der Waals surface area contributed by atoms with Gasteiger partial charge < -0.3 is 59.7 Å². The molecule has 0 aliphatic heterocycles. The highest BCUT2D eigenvalue weighted by Crippen LogP contribution is 2.42. The minimum Gasteiger partial charge on any atom is -0.497 e. The van der Waals surface area contributed by atoms with Gasteiger partial charge in [0.15, 0.2) is 0 Å². The smallest absolute Gasteiger partial charge is 0.122 e. The second kappa shape index (κ2) is 48.1. The molecular weight excluding hydrogens is 1530 g/mol. The van der Waals surface area contributed by atoms with Crippen molar-refractivity contribution >= 4 is 114 Å². The first kappa shape index (κ1) is 93.4. The van der Waals surface area contributed by atoms with Crippen LogP contribution in [0.3, 0.4) is 0 Å². The quantitative estimate of drug-likeness (QED) is 0.0274. The van der Waals surface area contributed by atoms with E-state index in [-0.39, 0.29) is 0 Å². The van der Waals surface area contributed by atoms with Gasteiger partial charge in [-0.15, -0.1) is 0 Å². The van der Waals surface area contributed by atoms with Crippen molar-refractivity contribution < 1.29 is 33.2 Å². The zero-order valence-corrected chi connectivity index (χ0v) is 75.8. The molecule has 0 saturated heterocycles. The summed E-state index contributed by atoms with van der Waals surface area (Å²) in [5.74, 6) is 6.96. The Hall–Kier alpha value is -9.75. The highest BCUT2D eigenvalue weighted by Gasteiger charge is 2.25. The van der Waals surface area contributed by atoms with Crippen LogP contribution in [0.25, 0.3) is 0 Å². The van der Waals surface area contributed by atoms with Crippen molar-refractivity contribution in [3.8, 4) is 40.2 Å². The van der Waals surface area contributed by atoms with Crippen LogP contribution >= 0.6 is 61.1 Å². The van der Waals surface area contributed by atoms with Crippen LogP contribution in [0.4, 0.5) is 28.4 Å². The maximum atomic E-state index is 6.11. The van der Waals surface area contributed by atoms with Crippen molar-refractivity contribution in [2.24, 2.45) is 0 Å². The van der Waals surface area contributed by atoms with Crippen molar-refractivity contribution in [2.45, 2.75) is 215 Å². The lowest BCUT2D eigenvalue weighted by molar-refractivity contribution is 0.302. The lowest BCUT2D eigenvalue weighted by Gasteiger charge is -2.16. The Labute approximate surface area is 720 Å². The summed E-state index contributed by atoms with van der Waals surface area (Å²) in [6, 6.07) is 62.4. The minimum atomic E-state index is 0.454. The van der Waals surface area contributed by atoms with E-state index in [4.69, 9.17) is 94.2 Å². The molecule has 0 spiro atoms. The summed E-state index contributed by atoms with van der Waals surface area (Å²) in [6.07, 6.45) is 7.74. The number of thiocarbonyl (C=S) groups is 5. The number of methoxy groups -OCH3 is 1. The van der Waals surface area contributed by atoms with Gasteiger partial charge in [-0.3, -0.25) is 0 Å². The summed E-state index contributed by atoms with van der Waals surface area (Å²) in [7, 11) is 1.66. The van der Waals surface area contributed by atoms with E-state index in [1.54, 1.807) is 7.11 Å². The molecule has 1 saturated carbocycles. The lowest BCUT2D eigenvalue weighted by Crippen LogP contribution is -2.10. The molecule has 1 aliphatic carbocycles. The summed E-state index contributed by atoms with van der Waals surface area (Å²) in [5.41, 5.74) is 26.4. The molecule has 1 fully saturated rings. The summed E-state index contributed by atoms with van der Waals surface area (Å²) >= 11 is 26.6. The highest BCUT2D eigenvalue weighted by atomic mass is 32.1. The van der Waals surface area contributed by atoms with E-state index in [0.717, 1.165) is 183 Å². The predicted octanol–water partition coefficient (Wildman–Crippen LogP) is 27.3. The fourth-order valence-electron chi connectivity index (χ4n) is 12.4. The van der Waals surface area contributed by atoms with E-state index in [9.17, 15) is 0 Å². The van der Waals surface area contributed by atoms with Gasteiger partial charge in [-0.1, -0.05) is 233 Å². The van der Waals surface area contributed by atoms with E-state index in [0.29, 0.717) is 39.6 Å². The summed E-state index contributed by atoms with van der Waals surface area (Å²) in [5, 5.41) is 16.5. The molecule has 5 N–H and O–H groups in total. The Morgan fingerprint density at radius 1 is 0.293 bits per heavy atom. The van der Waals surface area contributed by atoms with Gasteiger partial charge in [0.2, 0.25) is 0 Å². The lowest BCUT2D eigenvalue weighted by atomic mass is 10.1. The van der Waals surface area contributed by atoms with Gasteiger partial charge in [-0.05, 0) is 264 Å². The Morgan fingerprint density at radius 3 is 0.862 bits per heavy atom. The van der Waals surface area contributed by atoms with Crippen molar-refractivity contribution in [3.63, 3.8) is 0 Å². The predicted molar refractivity (Wildman–Crippen MR) is 510 cm³/mol. The second-order valence-electron chi connectivity index (χ2n) is 29.3. The zero-order chi connectivity index (χ0) is 84.4. The first-order valence-electron chi connectivity index (χ1n) is 40.4. The molecule has 0 heterocycles. The van der Waals surface area contributed by atoms with Crippen molar-refractivity contribution in [2.75, 3.05) is 40.3 Å². The molecule has 1 aliphatic rings. The van der Waals surface area contributed by atoms with Gasteiger partial charge in [0, 0.05) is 56.3 Å². The van der Waals surface area contributed by atoms with E-state index < -0.39 is 0 Å². The summed E-state index contributed by atoms with van der Waals surface area (Å²) in [6.45, 7) is 40.4. The molecule has 0 aromatic heterocycles. The Kier molecular flexibility index (Phi) is 38.7. The topological polar surface area (TPSA) is 125 Å². The number of anilines is 5. The number of aryl methyl sites for hydroxylation is 12. The molecule has 116 heavy (non-hydrogen) atoms. The van der Waals surface area contributed by atoms with E-state index in [2.05, 4.69) is 252 Å². The Bertz CT molecular complexity index is 4840. The van der Waals surface area contributed by atoms with E-state index in [1.165, 1.54) is 68.5 Å². The van der Waals surface area contributed by atoms with Crippen molar-refractivity contribution in [1.29, 1.82) is 0 Å². The average Bonchev–Trinajstić information content (AvgIpc) is 1.65. The van der Waals surface area contributed by atoms with Crippen LogP contribution < -0.4 is 59.7 Å². The standard InChI is InChI=1S/C21H25NOS.C20H25NO2S.C20H25NOS.C19H23NO2S.C19H23NOS/c1-4-21(24)22-19-9-8-17(16-6-7-16)12-18(19)13-23-20-10-5-14(2)11-15(20)3;1-5-20(24)21-18-9-8-17(22-6-2)12-16(18)13-23-19-10-7-14(3)11-15(19)4;1-5-16-8-9-18(21-20(23)6-2)17(12-16)13-22-19-10-7-14(3)11-15(19)4;1-5-19(23)20-17-8-7-16(21-4)11-15(17)12-22-18-9-6-13(2)10-14(18)3;1-5-19(22)20-17-8-6-14(3)11-16(17)12-21-18-9-7-13(2)10-15(18)4/h5,8-12,16H,4,6-7,13H2,1-3H3,(H,22,24);7-12H,5-6,13H2,1-4H3,(H,21,24);7-12H,5-6,13H2,1-4H3,(H,21,23);6-11H,5,12H2,1-4H3,(H,20,23);6-11H,5,12H2,1-4H3,(H,20,22). The van der Waals surface area contributed by atoms with Crippen LogP contribution in [0.2, 0.25) is 0 Å². The van der Waals surface area contributed by atoms with Crippen LogP contribution in [0, 0.1) is 76.2 Å². The first-order chi connectivity index (χ1) is 55.6. The third-order valence-electron chi connectivity index (χ3n) is 19.3. The van der Waals surface area contributed by atoms with Crippen LogP contribution in [0.1, 0.15) is 199 Å². The number of ether oxygens (including phenoxy) is 7. The molecule has 10 aromatic rings. The third kappa shape index (κ3) is 31.0. The Balaban J connectivity index is 0.000000201. The Morgan fingerprint density at radius 2 is 0.560 bits per heavy atom. The molecule has 10 aromatic carbocycles. The average molecular weight is 1650 g/mol. The summed E-state index contributed by atoms with van der Waals surface area (Å²) in [4.78, 5) is 4.18. The first-order valence-corrected chi connectivity index (χ1v) is 42.5. The zero-order valence-electron chi connectivity index (χ0n) is 71.7. The maximum Gasteiger partial charge on any atom is 0.122 e. The third-order valence-corrected chi connectivity index (χ3v) is 21.2. The van der Waals surface area contributed by atoms with Gasteiger partial charge in [0.25, 0.3) is 0 Å². The number of hydrogen-bond donors (Lipinski definition) is 5. The van der Waals surface area contributed by atoms with Crippen LogP contribution in [0.5, 0.6) is 40.2 Å². The van der Waals surface area contributed by atoms with Crippen molar-refractivity contribution in [3.05, 3.63) is 282 Å². The van der Waals surface area contributed by atoms with E-state index >= 15 is 0 Å². The molecule has 0 atom stereocenters. The molecule has 0 radical (unpaired) electrons. The minimum absolute atomic E-state index is 0.454. The molecule has 614 valence electrons. The van der Waals surface area contributed by atoms with Crippen LogP contribution in [-0.2, 0) is 39.5 Å². The van der Waals surface area contributed by atoms with Gasteiger partial charge in [-0.2, -0.15) is 0 Å². The van der Waals surface area contributed by atoms with Crippen molar-refractivity contribution in [1.82, 2.24) is 0 Å². The molecule has 0 amide bonds. The largest absolute Gasteiger partial charge is 0.497 e. The SMILES string of the molecule is CCC(=S)Nc1ccc(C)cc1COc1ccc(C)cc1C.CCC(=S)Nc1ccc(C2CC2)cc1COc1ccc(C)cc1C.CCC(=S)Nc1ccc(CC)cc1COc1ccc(C)cc1C.CCC(=S)Nc1ccc(OC)cc1COc1ccc(C)cc1C.CCOc1ccc(NC(=S)CC)c(COc2ccc(C)cc2C)c1. The van der Waals surface area contributed by atoms with Gasteiger partial charge >= 0.3 is 0 Å². The summed E-state index contributed by atoms with van der Waals surface area (Å²) < 4.78 is 41.1. The van der Waals surface area contributed by atoms with Gasteiger partial charge in [-0.25, -0.2) is 0 Å². The number of nitrogens with one attached hydrogen (secondary N) is 5. The van der Waals surface area contributed by atoms with Gasteiger partial charge in [0.05, 0.1) is 38.7 Å². The number of hydrogen-bond acceptors (Lipinski definition) is 12. The molecule has 12 nitrogen and oxygen atoms in total. The van der Waals surface area contributed by atoms with Crippen LogP contribution in [-0.4, -0.2) is 38.7 Å². The second-order valence-corrected chi connectivity index (χ2v) is 31.7. The number of rotatable bonds is 30. The number of benzene rings is 10. The van der Waals surface area contributed by atoms with Crippen LogP contribution in [0.15, 0.2) is 182 Å². The fourth-order valence-corrected chi connectivity index (χ4v) is 12.9. The molecule has 0 bridgehead atoms. The normalized spacial score (nSPS) is 11.0. The monoisotopic (exact) mass is 1650 g/mol. The molecular formula is C99H121N5O7S5. The molecule has 17 heteroatoms. The maximum absolute atomic E-state index is 6.11. The van der Waals surface area contributed by atoms with E-state index in [1.807, 2.05) is 81.4 Å². The molecule has 11 rings (SSSR count). The van der Waals surface area contributed by atoms with Gasteiger partial charge in [0.1, 0.15) is 73.3 Å².